The number of aromatic nitrogens is 2. The minimum Gasteiger partial charge on any atom is -0.394 e. The first kappa shape index (κ1) is 14.6. The van der Waals surface area contributed by atoms with Crippen molar-refractivity contribution in [3.8, 4) is 0 Å². The molecule has 0 bridgehead atoms. The third kappa shape index (κ3) is 2.70. The lowest BCUT2D eigenvalue weighted by Gasteiger charge is -2.17. The molecule has 0 unspecified atom stereocenters. The van der Waals surface area contributed by atoms with Crippen molar-refractivity contribution in [1.82, 2.24) is 9.55 Å². The van der Waals surface area contributed by atoms with Crippen LogP contribution in [0.2, 0.25) is 0 Å². The van der Waals surface area contributed by atoms with E-state index in [4.69, 9.17) is 9.84 Å². The van der Waals surface area contributed by atoms with E-state index in [0.717, 1.165) is 4.57 Å². The Labute approximate surface area is 113 Å². The fourth-order valence-corrected chi connectivity index (χ4v) is 1.97. The van der Waals surface area contributed by atoms with Crippen LogP contribution in [0.15, 0.2) is 17.1 Å². The van der Waals surface area contributed by atoms with Gasteiger partial charge >= 0.3 is 5.69 Å². The summed E-state index contributed by atoms with van der Waals surface area (Å²) in [7, 11) is 0. The Morgan fingerprint density at radius 2 is 2.20 bits per heavy atom. The van der Waals surface area contributed by atoms with Gasteiger partial charge in [0.05, 0.1) is 6.61 Å². The third-order valence-electron chi connectivity index (χ3n) is 2.93. The van der Waals surface area contributed by atoms with E-state index in [1.165, 1.54) is 19.2 Å². The quantitative estimate of drug-likeness (QED) is 0.495. The van der Waals surface area contributed by atoms with Crippen LogP contribution in [0, 0.1) is 0 Å². The summed E-state index contributed by atoms with van der Waals surface area (Å²) >= 11 is 0. The van der Waals surface area contributed by atoms with Crippen molar-refractivity contribution in [2.75, 3.05) is 11.9 Å². The number of carbonyl (C=O) groups is 1. The molecular weight excluding hydrogens is 270 g/mol. The average molecular weight is 285 g/mol. The monoisotopic (exact) mass is 285 g/mol. The van der Waals surface area contributed by atoms with Crippen LogP contribution < -0.4 is 11.0 Å². The van der Waals surface area contributed by atoms with E-state index in [1.807, 2.05) is 0 Å². The normalized spacial score (nSPS) is 29.4. The van der Waals surface area contributed by atoms with E-state index >= 15 is 0 Å². The highest BCUT2D eigenvalue weighted by atomic mass is 16.6. The van der Waals surface area contributed by atoms with Crippen LogP contribution in [0.1, 0.15) is 13.2 Å². The number of hydrogen-bond donors (Lipinski definition) is 4. The van der Waals surface area contributed by atoms with Gasteiger partial charge in [-0.15, -0.1) is 0 Å². The van der Waals surface area contributed by atoms with Crippen molar-refractivity contribution in [2.24, 2.45) is 0 Å². The number of ether oxygens (including phenoxy) is 1. The molecule has 4 atom stereocenters. The lowest BCUT2D eigenvalue weighted by atomic mass is 10.1. The Hall–Kier alpha value is -1.81. The van der Waals surface area contributed by atoms with Crippen LogP contribution in [0.3, 0.4) is 0 Å². The molecule has 1 aromatic rings. The zero-order chi connectivity index (χ0) is 14.9. The molecule has 1 amide bonds. The third-order valence-corrected chi connectivity index (χ3v) is 2.93. The molecule has 9 heteroatoms. The van der Waals surface area contributed by atoms with Gasteiger partial charge in [-0.2, -0.15) is 4.98 Å². The Balaban J connectivity index is 2.26. The molecule has 2 heterocycles. The Kier molecular flexibility index (Phi) is 4.14. The van der Waals surface area contributed by atoms with Crippen LogP contribution >= 0.6 is 0 Å². The fraction of sp³-hybridized carbons (Fsp3) is 0.545. The molecule has 4 N–H and O–H groups in total. The number of anilines is 1. The lowest BCUT2D eigenvalue weighted by Crippen LogP contribution is -2.36. The van der Waals surface area contributed by atoms with Gasteiger partial charge in [-0.1, -0.05) is 0 Å². The molecule has 9 nitrogen and oxygen atoms in total. The first-order valence-corrected chi connectivity index (χ1v) is 5.93. The predicted octanol–water partition coefficient (Wildman–Crippen LogP) is -2.19. The van der Waals surface area contributed by atoms with Crippen molar-refractivity contribution in [3.63, 3.8) is 0 Å². The van der Waals surface area contributed by atoms with Gasteiger partial charge in [0.1, 0.15) is 24.1 Å². The average Bonchev–Trinajstić information content (AvgIpc) is 2.66. The highest BCUT2D eigenvalue weighted by Gasteiger charge is 2.43. The van der Waals surface area contributed by atoms with Gasteiger partial charge in [-0.3, -0.25) is 9.36 Å². The predicted molar refractivity (Wildman–Crippen MR) is 65.8 cm³/mol. The molecule has 1 fully saturated rings. The van der Waals surface area contributed by atoms with Crippen molar-refractivity contribution in [1.29, 1.82) is 0 Å². The summed E-state index contributed by atoms with van der Waals surface area (Å²) < 4.78 is 6.19. The van der Waals surface area contributed by atoms with E-state index in [2.05, 4.69) is 10.3 Å². The SMILES string of the molecule is CC(=O)Nc1ccn([C@@H]2O[C@@H](CO)[C@@H](O)[C@H]2O)c(=O)n1. The van der Waals surface area contributed by atoms with E-state index in [-0.39, 0.29) is 11.7 Å². The minimum atomic E-state index is -1.36. The summed E-state index contributed by atoms with van der Waals surface area (Å²) in [4.78, 5) is 26.3. The molecule has 1 aliphatic rings. The number of rotatable bonds is 3. The summed E-state index contributed by atoms with van der Waals surface area (Å²) in [6, 6.07) is 1.36. The molecule has 0 saturated carbocycles. The van der Waals surface area contributed by atoms with Crippen molar-refractivity contribution >= 4 is 11.7 Å². The molecule has 2 rings (SSSR count). The lowest BCUT2D eigenvalue weighted by molar-refractivity contribution is -0.114. The number of amides is 1. The standard InChI is InChI=1S/C11H15N3O6/c1-5(16)12-7-2-3-14(11(19)13-7)10-9(18)8(17)6(4-15)20-10/h2-3,6,8-10,15,17-18H,4H2,1H3,(H,12,13,16,19)/t6-,8+,9+,10+/m0/s1. The minimum absolute atomic E-state index is 0.0745. The van der Waals surface area contributed by atoms with Crippen molar-refractivity contribution < 1.29 is 24.9 Å². The number of carbonyl (C=O) groups excluding carboxylic acids is 1. The van der Waals surface area contributed by atoms with Crippen LogP contribution in [0.5, 0.6) is 0 Å². The zero-order valence-corrected chi connectivity index (χ0v) is 10.6. The Morgan fingerprint density at radius 3 is 2.70 bits per heavy atom. The van der Waals surface area contributed by atoms with E-state index in [1.54, 1.807) is 0 Å². The second-order valence-electron chi connectivity index (χ2n) is 4.41. The molecule has 0 radical (unpaired) electrons. The number of aliphatic hydroxyl groups is 3. The topological polar surface area (TPSA) is 134 Å². The number of aliphatic hydroxyl groups excluding tert-OH is 3. The smallest absolute Gasteiger partial charge is 0.351 e. The van der Waals surface area contributed by atoms with Crippen LogP contribution in [-0.2, 0) is 9.53 Å². The van der Waals surface area contributed by atoms with Gasteiger partial charge < -0.3 is 25.4 Å². The van der Waals surface area contributed by atoms with Crippen LogP contribution in [0.4, 0.5) is 5.82 Å². The summed E-state index contributed by atoms with van der Waals surface area (Å²) in [5, 5.41) is 30.8. The highest BCUT2D eigenvalue weighted by molar-refractivity contribution is 5.87. The molecule has 20 heavy (non-hydrogen) atoms. The van der Waals surface area contributed by atoms with Gasteiger partial charge in [-0.25, -0.2) is 4.79 Å². The maximum atomic E-state index is 11.8. The number of nitrogens with zero attached hydrogens (tertiary/aromatic N) is 2. The van der Waals surface area contributed by atoms with Crippen LogP contribution in [0.25, 0.3) is 0 Å². The fourth-order valence-electron chi connectivity index (χ4n) is 1.97. The summed E-state index contributed by atoms with van der Waals surface area (Å²) in [6.45, 7) is 0.792. The molecular formula is C11H15N3O6. The van der Waals surface area contributed by atoms with Crippen molar-refractivity contribution in [2.45, 2.75) is 31.5 Å². The first-order valence-electron chi connectivity index (χ1n) is 5.93. The summed E-state index contributed by atoms with van der Waals surface area (Å²) in [6.07, 6.45) is -3.50. The molecule has 1 aromatic heterocycles. The molecule has 1 saturated heterocycles. The molecule has 110 valence electrons. The highest BCUT2D eigenvalue weighted by Crippen LogP contribution is 2.27. The van der Waals surface area contributed by atoms with Gasteiger partial charge in [0.15, 0.2) is 6.23 Å². The second-order valence-corrected chi connectivity index (χ2v) is 4.41. The zero-order valence-electron chi connectivity index (χ0n) is 10.6. The molecule has 0 aromatic carbocycles. The number of hydrogen-bond acceptors (Lipinski definition) is 7. The molecule has 0 spiro atoms. The van der Waals surface area contributed by atoms with Gasteiger partial charge in [0.25, 0.3) is 0 Å². The summed E-state index contributed by atoms with van der Waals surface area (Å²) in [5.74, 6) is -0.298. The van der Waals surface area contributed by atoms with Crippen molar-refractivity contribution in [3.05, 3.63) is 22.7 Å². The largest absolute Gasteiger partial charge is 0.394 e. The number of nitrogens with one attached hydrogen (secondary N) is 1. The van der Waals surface area contributed by atoms with Gasteiger partial charge in [0.2, 0.25) is 5.91 Å². The maximum absolute atomic E-state index is 11.8. The maximum Gasteiger partial charge on any atom is 0.351 e. The Morgan fingerprint density at radius 1 is 1.50 bits per heavy atom. The molecule has 0 aliphatic carbocycles. The molecule has 1 aliphatic heterocycles. The Bertz CT molecular complexity index is 559. The van der Waals surface area contributed by atoms with Gasteiger partial charge in [0, 0.05) is 13.1 Å². The summed E-state index contributed by atoms with van der Waals surface area (Å²) in [5.41, 5.74) is -0.758. The second kappa shape index (κ2) is 5.67. The van der Waals surface area contributed by atoms with E-state index in [0.29, 0.717) is 0 Å². The van der Waals surface area contributed by atoms with Gasteiger partial charge in [-0.05, 0) is 6.07 Å². The van der Waals surface area contributed by atoms with E-state index in [9.17, 15) is 19.8 Å². The van der Waals surface area contributed by atoms with Crippen LogP contribution in [-0.4, -0.2) is 55.7 Å². The first-order chi connectivity index (χ1) is 9.43. The van der Waals surface area contributed by atoms with E-state index < -0.39 is 36.8 Å².